The Labute approximate surface area is 174 Å². The van der Waals surface area contributed by atoms with E-state index in [-0.39, 0.29) is 0 Å². The molecule has 0 amide bonds. The molecule has 7 nitrogen and oxygen atoms in total. The summed E-state index contributed by atoms with van der Waals surface area (Å²) in [4.78, 5) is 16.1. The summed E-state index contributed by atoms with van der Waals surface area (Å²) in [5.74, 6) is 2.02. The van der Waals surface area contributed by atoms with Gasteiger partial charge in [-0.05, 0) is 42.8 Å². The predicted molar refractivity (Wildman–Crippen MR) is 112 cm³/mol. The first kappa shape index (κ1) is 19.2. The molecule has 148 valence electrons. The summed E-state index contributed by atoms with van der Waals surface area (Å²) in [6.07, 6.45) is 5.18. The number of aryl methyl sites for hydroxylation is 1. The Morgan fingerprint density at radius 3 is 2.60 bits per heavy atom. The van der Waals surface area contributed by atoms with Crippen LogP contribution in [0, 0.1) is 18.3 Å². The number of ether oxygens (including phenoxy) is 2. The number of benzene rings is 1. The molecule has 4 rings (SSSR count). The monoisotopic (exact) mass is 397 g/mol. The van der Waals surface area contributed by atoms with Crippen LogP contribution in [0.25, 0.3) is 22.6 Å². The second kappa shape index (κ2) is 8.45. The van der Waals surface area contributed by atoms with E-state index in [2.05, 4.69) is 19.9 Å². The van der Waals surface area contributed by atoms with Gasteiger partial charge in [0.2, 0.25) is 0 Å². The number of aromatic amines is 1. The van der Waals surface area contributed by atoms with E-state index in [0.717, 1.165) is 28.1 Å². The van der Waals surface area contributed by atoms with Gasteiger partial charge in [-0.15, -0.1) is 0 Å². The molecule has 0 aliphatic carbocycles. The van der Waals surface area contributed by atoms with Crippen LogP contribution >= 0.6 is 0 Å². The van der Waals surface area contributed by atoms with Crippen LogP contribution in [-0.4, -0.2) is 27.0 Å². The fourth-order valence-electron chi connectivity index (χ4n) is 2.93. The normalized spacial score (nSPS) is 10.4. The molecule has 0 unspecified atom stereocenters. The zero-order valence-electron chi connectivity index (χ0n) is 16.6. The summed E-state index contributed by atoms with van der Waals surface area (Å²) < 4.78 is 11.4. The van der Waals surface area contributed by atoms with Crippen LogP contribution in [0.5, 0.6) is 11.5 Å². The van der Waals surface area contributed by atoms with Crippen LogP contribution in [-0.2, 0) is 6.61 Å². The number of nitrogens with one attached hydrogen (secondary N) is 1. The highest BCUT2D eigenvalue weighted by molar-refractivity contribution is 5.70. The summed E-state index contributed by atoms with van der Waals surface area (Å²) in [5, 5.41) is 8.88. The Morgan fingerprint density at radius 2 is 1.90 bits per heavy atom. The minimum absolute atomic E-state index is 0.364. The summed E-state index contributed by atoms with van der Waals surface area (Å²) in [6, 6.07) is 15.1. The van der Waals surface area contributed by atoms with Gasteiger partial charge < -0.3 is 14.5 Å². The van der Waals surface area contributed by atoms with E-state index in [1.54, 1.807) is 31.6 Å². The number of nitriles is 1. The smallest absolute Gasteiger partial charge is 0.140 e. The van der Waals surface area contributed by atoms with Crippen molar-refractivity contribution in [2.75, 3.05) is 7.11 Å². The number of methoxy groups -OCH3 is 1. The average molecular weight is 397 g/mol. The maximum Gasteiger partial charge on any atom is 0.140 e. The van der Waals surface area contributed by atoms with Gasteiger partial charge in [0.15, 0.2) is 0 Å². The molecule has 0 aliphatic rings. The SMILES string of the molecule is COc1cc(OCc2ccc(C)cn2)ccc1-c1cnc(-c2ccc(C#N)nc2)[nH]1. The van der Waals surface area contributed by atoms with E-state index >= 15 is 0 Å². The lowest BCUT2D eigenvalue weighted by Crippen LogP contribution is -1.99. The standard InChI is InChI=1S/C23H19N5O2/c1-15-3-5-18(25-11-15)14-30-19-7-8-20(22(9-19)29-2)21-13-27-23(28-21)16-4-6-17(10-24)26-12-16/h3-9,11-13H,14H2,1-2H3,(H,27,28). The van der Waals surface area contributed by atoms with E-state index < -0.39 is 0 Å². The van der Waals surface area contributed by atoms with Gasteiger partial charge in [0.1, 0.15) is 35.7 Å². The van der Waals surface area contributed by atoms with Gasteiger partial charge in [0, 0.05) is 29.6 Å². The number of rotatable bonds is 6. The third kappa shape index (κ3) is 4.13. The molecule has 4 aromatic rings. The van der Waals surface area contributed by atoms with Crippen molar-refractivity contribution in [3.05, 3.63) is 78.0 Å². The van der Waals surface area contributed by atoms with Crippen LogP contribution in [0.1, 0.15) is 17.0 Å². The summed E-state index contributed by atoms with van der Waals surface area (Å²) in [5.41, 5.74) is 4.79. The van der Waals surface area contributed by atoms with Gasteiger partial charge in [-0.1, -0.05) is 6.07 Å². The second-order valence-corrected chi connectivity index (χ2v) is 6.67. The number of hydrogen-bond acceptors (Lipinski definition) is 6. The number of pyridine rings is 2. The van der Waals surface area contributed by atoms with E-state index in [1.165, 1.54) is 0 Å². The van der Waals surface area contributed by atoms with Crippen molar-refractivity contribution < 1.29 is 9.47 Å². The fraction of sp³-hybridized carbons (Fsp3) is 0.130. The van der Waals surface area contributed by atoms with Gasteiger partial charge >= 0.3 is 0 Å². The third-order valence-electron chi connectivity index (χ3n) is 4.55. The van der Waals surface area contributed by atoms with Crippen molar-refractivity contribution in [1.82, 2.24) is 19.9 Å². The van der Waals surface area contributed by atoms with Crippen molar-refractivity contribution in [1.29, 1.82) is 5.26 Å². The molecule has 0 saturated heterocycles. The lowest BCUT2D eigenvalue weighted by atomic mass is 10.1. The largest absolute Gasteiger partial charge is 0.496 e. The fourth-order valence-corrected chi connectivity index (χ4v) is 2.93. The summed E-state index contributed by atoms with van der Waals surface area (Å²) in [7, 11) is 1.62. The molecule has 3 heterocycles. The highest BCUT2D eigenvalue weighted by Gasteiger charge is 2.12. The predicted octanol–water partition coefficient (Wildman–Crippen LogP) is 4.30. The molecule has 0 saturated carbocycles. The van der Waals surface area contributed by atoms with Gasteiger partial charge in [-0.25, -0.2) is 9.97 Å². The van der Waals surface area contributed by atoms with Crippen molar-refractivity contribution >= 4 is 0 Å². The molecular formula is C23H19N5O2. The number of H-pyrrole nitrogens is 1. The molecule has 0 bridgehead atoms. The van der Waals surface area contributed by atoms with Crippen LogP contribution in [0.15, 0.2) is 61.1 Å². The molecule has 0 atom stereocenters. The van der Waals surface area contributed by atoms with Gasteiger partial charge in [0.05, 0.1) is 24.7 Å². The van der Waals surface area contributed by atoms with Gasteiger partial charge in [0.25, 0.3) is 0 Å². The van der Waals surface area contributed by atoms with Gasteiger partial charge in [-0.2, -0.15) is 5.26 Å². The number of nitrogens with zero attached hydrogens (tertiary/aromatic N) is 4. The molecule has 0 fully saturated rings. The average Bonchev–Trinajstić information content (AvgIpc) is 3.28. The van der Waals surface area contributed by atoms with Crippen LogP contribution in [0.2, 0.25) is 0 Å². The highest BCUT2D eigenvalue weighted by atomic mass is 16.5. The second-order valence-electron chi connectivity index (χ2n) is 6.67. The maximum atomic E-state index is 8.88. The Morgan fingerprint density at radius 1 is 1.00 bits per heavy atom. The van der Waals surface area contributed by atoms with Gasteiger partial charge in [-0.3, -0.25) is 4.98 Å². The lowest BCUT2D eigenvalue weighted by molar-refractivity contribution is 0.299. The zero-order chi connectivity index (χ0) is 20.9. The summed E-state index contributed by atoms with van der Waals surface area (Å²) in [6.45, 7) is 2.38. The number of aromatic nitrogens is 4. The number of hydrogen-bond donors (Lipinski definition) is 1. The first-order chi connectivity index (χ1) is 14.7. The van der Waals surface area contributed by atoms with Crippen LogP contribution in [0.4, 0.5) is 0 Å². The van der Waals surface area contributed by atoms with Crippen molar-refractivity contribution in [3.63, 3.8) is 0 Å². The molecule has 0 radical (unpaired) electrons. The Bertz CT molecular complexity index is 1190. The molecule has 1 N–H and O–H groups in total. The first-order valence-corrected chi connectivity index (χ1v) is 9.30. The highest BCUT2D eigenvalue weighted by Crippen LogP contribution is 2.33. The van der Waals surface area contributed by atoms with E-state index in [1.807, 2.05) is 49.5 Å². The summed E-state index contributed by atoms with van der Waals surface area (Å²) >= 11 is 0. The molecule has 1 aromatic carbocycles. The third-order valence-corrected chi connectivity index (χ3v) is 4.55. The maximum absolute atomic E-state index is 8.88. The van der Waals surface area contributed by atoms with Crippen molar-refractivity contribution in [2.24, 2.45) is 0 Å². The van der Waals surface area contributed by atoms with Crippen molar-refractivity contribution in [3.8, 4) is 40.2 Å². The van der Waals surface area contributed by atoms with E-state index in [4.69, 9.17) is 14.7 Å². The van der Waals surface area contributed by atoms with Crippen LogP contribution < -0.4 is 9.47 Å². The quantitative estimate of drug-likeness (QED) is 0.521. The van der Waals surface area contributed by atoms with Crippen molar-refractivity contribution in [2.45, 2.75) is 13.5 Å². The first-order valence-electron chi connectivity index (χ1n) is 9.30. The van der Waals surface area contributed by atoms with Crippen LogP contribution in [0.3, 0.4) is 0 Å². The molecule has 7 heteroatoms. The zero-order valence-corrected chi connectivity index (χ0v) is 16.6. The lowest BCUT2D eigenvalue weighted by Gasteiger charge is -2.11. The molecule has 30 heavy (non-hydrogen) atoms. The molecule has 3 aromatic heterocycles. The van der Waals surface area contributed by atoms with E-state index in [9.17, 15) is 0 Å². The Balaban J connectivity index is 1.53. The topological polar surface area (TPSA) is 96.7 Å². The minimum Gasteiger partial charge on any atom is -0.496 e. The molecular weight excluding hydrogens is 378 g/mol. The Kier molecular flexibility index (Phi) is 5.39. The number of imidazole rings is 1. The molecule has 0 spiro atoms. The molecule has 0 aliphatic heterocycles. The van der Waals surface area contributed by atoms with E-state index in [0.29, 0.717) is 29.6 Å². The Hall–Kier alpha value is -4.18. The minimum atomic E-state index is 0.364.